The van der Waals surface area contributed by atoms with Crippen LogP contribution in [-0.2, 0) is 16.1 Å². The van der Waals surface area contributed by atoms with Crippen molar-refractivity contribution in [3.05, 3.63) is 62.1 Å². The molecule has 184 valence electrons. The van der Waals surface area contributed by atoms with Gasteiger partial charge in [-0.2, -0.15) is 0 Å². The highest BCUT2D eigenvalue weighted by Gasteiger charge is 2.30. The van der Waals surface area contributed by atoms with Gasteiger partial charge < -0.3 is 19.7 Å². The summed E-state index contributed by atoms with van der Waals surface area (Å²) in [6, 6.07) is 8.15. The molecule has 0 aliphatic heterocycles. The van der Waals surface area contributed by atoms with E-state index < -0.39 is 23.5 Å². The third kappa shape index (κ3) is 6.98. The lowest BCUT2D eigenvalue weighted by Crippen LogP contribution is -2.50. The minimum atomic E-state index is -0.776. The molecule has 1 atom stereocenters. The second-order valence-corrected chi connectivity index (χ2v) is 8.13. The summed E-state index contributed by atoms with van der Waals surface area (Å²) in [4.78, 5) is 37.9. The lowest BCUT2D eigenvalue weighted by molar-refractivity contribution is -0.385. The first-order valence-electron chi connectivity index (χ1n) is 10.7. The van der Waals surface area contributed by atoms with Gasteiger partial charge in [-0.15, -0.1) is 0 Å². The summed E-state index contributed by atoms with van der Waals surface area (Å²) in [5.41, 5.74) is 0.285. The van der Waals surface area contributed by atoms with E-state index in [0.717, 1.165) is 6.42 Å². The van der Waals surface area contributed by atoms with Gasteiger partial charge in [-0.25, -0.2) is 0 Å². The number of carbonyl (C=O) groups is 2. The molecule has 34 heavy (non-hydrogen) atoms. The quantitative estimate of drug-likeness (QED) is 0.328. The molecule has 0 bridgehead atoms. The van der Waals surface area contributed by atoms with Crippen LogP contribution in [0.15, 0.2) is 36.4 Å². The van der Waals surface area contributed by atoms with Crippen LogP contribution >= 0.6 is 23.2 Å². The van der Waals surface area contributed by atoms with Crippen molar-refractivity contribution >= 4 is 40.7 Å². The SMILES string of the molecule is CCCNC(=O)C(CC)N(Cc1c(Cl)cccc1Cl)C(=O)COc1ccc([N+](=O)[O-])c(OC)c1. The number of nitro groups is 1. The van der Waals surface area contributed by atoms with Gasteiger partial charge in [0.1, 0.15) is 11.8 Å². The standard InChI is InChI=1S/C23H27Cl2N3O6/c1-4-11-26-23(30)19(5-2)27(13-16-17(24)7-6-8-18(16)25)22(29)14-34-15-9-10-20(28(31)32)21(12-15)33-3/h6-10,12,19H,4-5,11,13-14H2,1-3H3,(H,26,30). The number of hydrogen-bond acceptors (Lipinski definition) is 6. The van der Waals surface area contributed by atoms with Gasteiger partial charge in [-0.1, -0.05) is 43.1 Å². The van der Waals surface area contributed by atoms with Crippen molar-refractivity contribution in [1.82, 2.24) is 10.2 Å². The first kappa shape index (κ1) is 27.2. The fourth-order valence-corrected chi connectivity index (χ4v) is 3.78. The Balaban J connectivity index is 2.29. The zero-order valence-electron chi connectivity index (χ0n) is 19.2. The maximum Gasteiger partial charge on any atom is 0.311 e. The monoisotopic (exact) mass is 511 g/mol. The predicted molar refractivity (Wildman–Crippen MR) is 130 cm³/mol. The largest absolute Gasteiger partial charge is 0.490 e. The summed E-state index contributed by atoms with van der Waals surface area (Å²) in [5, 5.41) is 14.6. The zero-order valence-corrected chi connectivity index (χ0v) is 20.7. The summed E-state index contributed by atoms with van der Waals surface area (Å²) >= 11 is 12.6. The summed E-state index contributed by atoms with van der Waals surface area (Å²) < 4.78 is 10.6. The first-order chi connectivity index (χ1) is 16.2. The van der Waals surface area contributed by atoms with Crippen LogP contribution in [0.25, 0.3) is 0 Å². The number of nitro benzene ring substituents is 1. The van der Waals surface area contributed by atoms with Crippen molar-refractivity contribution in [2.75, 3.05) is 20.3 Å². The fraction of sp³-hybridized carbons (Fsp3) is 0.391. The van der Waals surface area contributed by atoms with Crippen molar-refractivity contribution in [1.29, 1.82) is 0 Å². The number of nitrogens with one attached hydrogen (secondary N) is 1. The number of methoxy groups -OCH3 is 1. The van der Waals surface area contributed by atoms with Crippen LogP contribution in [0.2, 0.25) is 10.0 Å². The molecule has 0 aromatic heterocycles. The molecule has 0 heterocycles. The van der Waals surface area contributed by atoms with E-state index in [1.54, 1.807) is 25.1 Å². The van der Waals surface area contributed by atoms with E-state index in [1.807, 2.05) is 6.92 Å². The van der Waals surface area contributed by atoms with Crippen LogP contribution in [-0.4, -0.2) is 47.9 Å². The highest BCUT2D eigenvalue weighted by atomic mass is 35.5. The summed E-state index contributed by atoms with van der Waals surface area (Å²) in [5.74, 6) is -0.570. The zero-order chi connectivity index (χ0) is 25.3. The number of halogens is 2. The Kier molecular flexibility index (Phi) is 10.4. The molecule has 0 fully saturated rings. The van der Waals surface area contributed by atoms with E-state index >= 15 is 0 Å². The number of benzene rings is 2. The highest BCUT2D eigenvalue weighted by Crippen LogP contribution is 2.31. The molecule has 2 aromatic rings. The minimum absolute atomic E-state index is 0.0000300. The Morgan fingerprint density at radius 3 is 2.41 bits per heavy atom. The molecule has 0 aliphatic carbocycles. The Labute approximate surface area is 208 Å². The Hall–Kier alpha value is -3.04. The van der Waals surface area contributed by atoms with Crippen molar-refractivity contribution in [2.24, 2.45) is 0 Å². The number of rotatable bonds is 12. The molecule has 0 saturated carbocycles. The summed E-state index contributed by atoms with van der Waals surface area (Å²) in [6.45, 7) is 3.79. The van der Waals surface area contributed by atoms with Crippen molar-refractivity contribution in [3.63, 3.8) is 0 Å². The number of carbonyl (C=O) groups excluding carboxylic acids is 2. The lowest BCUT2D eigenvalue weighted by atomic mass is 10.1. The van der Waals surface area contributed by atoms with Gasteiger partial charge in [-0.3, -0.25) is 19.7 Å². The van der Waals surface area contributed by atoms with E-state index in [9.17, 15) is 19.7 Å². The second kappa shape index (κ2) is 13.0. The summed E-state index contributed by atoms with van der Waals surface area (Å²) in [7, 11) is 1.30. The van der Waals surface area contributed by atoms with Crippen LogP contribution in [0.3, 0.4) is 0 Å². The van der Waals surface area contributed by atoms with E-state index in [4.69, 9.17) is 32.7 Å². The predicted octanol–water partition coefficient (Wildman–Crippen LogP) is 4.62. The average molecular weight is 512 g/mol. The Morgan fingerprint density at radius 1 is 1.18 bits per heavy atom. The number of hydrogen-bond donors (Lipinski definition) is 1. The number of ether oxygens (including phenoxy) is 2. The Bertz CT molecular complexity index is 1010. The topological polar surface area (TPSA) is 111 Å². The molecule has 0 radical (unpaired) electrons. The third-order valence-electron chi connectivity index (χ3n) is 5.04. The molecule has 11 heteroatoms. The van der Waals surface area contributed by atoms with Gasteiger partial charge in [0.05, 0.1) is 12.0 Å². The highest BCUT2D eigenvalue weighted by molar-refractivity contribution is 6.36. The molecular weight excluding hydrogens is 485 g/mol. The number of amides is 2. The molecule has 2 aromatic carbocycles. The van der Waals surface area contributed by atoms with Crippen LogP contribution in [0.5, 0.6) is 11.5 Å². The average Bonchev–Trinajstić information content (AvgIpc) is 2.82. The molecule has 9 nitrogen and oxygen atoms in total. The van der Waals surface area contributed by atoms with Crippen LogP contribution in [0.4, 0.5) is 5.69 Å². The van der Waals surface area contributed by atoms with Crippen LogP contribution in [0, 0.1) is 10.1 Å². The Morgan fingerprint density at radius 2 is 1.85 bits per heavy atom. The molecule has 1 N–H and O–H groups in total. The van der Waals surface area contributed by atoms with Gasteiger partial charge in [0.15, 0.2) is 6.61 Å². The smallest absolute Gasteiger partial charge is 0.311 e. The summed E-state index contributed by atoms with van der Waals surface area (Å²) in [6.07, 6.45) is 1.10. The van der Waals surface area contributed by atoms with Crippen molar-refractivity contribution in [2.45, 2.75) is 39.3 Å². The van der Waals surface area contributed by atoms with Crippen LogP contribution < -0.4 is 14.8 Å². The maximum absolute atomic E-state index is 13.2. The molecule has 0 aliphatic rings. The van der Waals surface area contributed by atoms with Gasteiger partial charge in [0.2, 0.25) is 11.7 Å². The molecule has 0 saturated heterocycles. The normalized spacial score (nSPS) is 11.4. The molecule has 2 rings (SSSR count). The molecule has 0 spiro atoms. The van der Waals surface area contributed by atoms with Crippen LogP contribution in [0.1, 0.15) is 32.3 Å². The van der Waals surface area contributed by atoms with Crippen molar-refractivity contribution in [3.8, 4) is 11.5 Å². The van der Waals surface area contributed by atoms with Gasteiger partial charge in [-0.05, 0) is 31.0 Å². The third-order valence-corrected chi connectivity index (χ3v) is 5.74. The van der Waals surface area contributed by atoms with E-state index in [0.29, 0.717) is 28.6 Å². The maximum atomic E-state index is 13.2. The van der Waals surface area contributed by atoms with Gasteiger partial charge in [0.25, 0.3) is 5.91 Å². The fourth-order valence-electron chi connectivity index (χ4n) is 3.27. The molecule has 2 amide bonds. The van der Waals surface area contributed by atoms with E-state index in [2.05, 4.69) is 5.32 Å². The minimum Gasteiger partial charge on any atom is -0.490 e. The molecular formula is C23H27Cl2N3O6. The second-order valence-electron chi connectivity index (χ2n) is 7.32. The van der Waals surface area contributed by atoms with Crippen molar-refractivity contribution < 1.29 is 24.0 Å². The van der Waals surface area contributed by atoms with Gasteiger partial charge >= 0.3 is 5.69 Å². The van der Waals surface area contributed by atoms with E-state index in [-0.39, 0.29) is 29.6 Å². The first-order valence-corrected chi connectivity index (χ1v) is 11.4. The number of nitrogens with zero attached hydrogens (tertiary/aromatic N) is 2. The molecule has 1 unspecified atom stereocenters. The van der Waals surface area contributed by atoms with Gasteiger partial charge in [0, 0.05) is 40.8 Å². The van der Waals surface area contributed by atoms with E-state index in [1.165, 1.54) is 30.2 Å². The lowest BCUT2D eigenvalue weighted by Gasteiger charge is -2.31.